The second-order valence-corrected chi connectivity index (χ2v) is 3.98. The van der Waals surface area contributed by atoms with Crippen LogP contribution in [0.15, 0.2) is 27.4 Å². The first-order valence-electron chi connectivity index (χ1n) is 5.30. The SMILES string of the molecule is COc1c2c(cc3c(N)cc(=O)oc13)C=CC2. The Morgan fingerprint density at radius 1 is 1.41 bits per heavy atom. The van der Waals surface area contributed by atoms with Crippen LogP contribution in [0.25, 0.3) is 17.0 Å². The zero-order valence-corrected chi connectivity index (χ0v) is 9.32. The monoisotopic (exact) mass is 229 g/mol. The predicted octanol–water partition coefficient (Wildman–Crippen LogP) is 1.95. The van der Waals surface area contributed by atoms with Crippen molar-refractivity contribution in [2.45, 2.75) is 6.42 Å². The first-order valence-corrected chi connectivity index (χ1v) is 5.30. The molecule has 0 aliphatic heterocycles. The molecule has 1 aliphatic carbocycles. The lowest BCUT2D eigenvalue weighted by Crippen LogP contribution is -2.03. The topological polar surface area (TPSA) is 65.5 Å². The van der Waals surface area contributed by atoms with Crippen LogP contribution in [0, 0.1) is 0 Å². The Kier molecular flexibility index (Phi) is 1.98. The zero-order chi connectivity index (χ0) is 12.0. The Hall–Kier alpha value is -2.23. The van der Waals surface area contributed by atoms with Crippen molar-refractivity contribution < 1.29 is 9.15 Å². The maximum Gasteiger partial charge on any atom is 0.338 e. The molecule has 3 rings (SSSR count). The lowest BCUT2D eigenvalue weighted by atomic mass is 10.0. The van der Waals surface area contributed by atoms with Gasteiger partial charge in [-0.2, -0.15) is 0 Å². The van der Waals surface area contributed by atoms with E-state index >= 15 is 0 Å². The molecule has 0 fully saturated rings. The molecule has 2 aromatic rings. The summed E-state index contributed by atoms with van der Waals surface area (Å²) in [5.41, 5.74) is 8.32. The van der Waals surface area contributed by atoms with Gasteiger partial charge in [0.05, 0.1) is 7.11 Å². The van der Waals surface area contributed by atoms with E-state index in [1.54, 1.807) is 7.11 Å². The highest BCUT2D eigenvalue weighted by atomic mass is 16.5. The summed E-state index contributed by atoms with van der Waals surface area (Å²) >= 11 is 0. The molecule has 0 bridgehead atoms. The molecule has 0 atom stereocenters. The van der Waals surface area contributed by atoms with Crippen LogP contribution in [0.1, 0.15) is 11.1 Å². The molecule has 0 spiro atoms. The molecule has 1 aromatic heterocycles. The third kappa shape index (κ3) is 1.34. The summed E-state index contributed by atoms with van der Waals surface area (Å²) in [4.78, 5) is 11.4. The van der Waals surface area contributed by atoms with Gasteiger partial charge in [0.25, 0.3) is 0 Å². The molecule has 4 heteroatoms. The smallest absolute Gasteiger partial charge is 0.338 e. The molecule has 17 heavy (non-hydrogen) atoms. The maximum absolute atomic E-state index is 11.4. The first-order chi connectivity index (χ1) is 8.20. The van der Waals surface area contributed by atoms with Crippen molar-refractivity contribution in [1.29, 1.82) is 0 Å². The highest BCUT2D eigenvalue weighted by Crippen LogP contribution is 2.37. The number of allylic oxidation sites excluding steroid dienone is 1. The minimum atomic E-state index is -0.459. The zero-order valence-electron chi connectivity index (χ0n) is 9.32. The average molecular weight is 229 g/mol. The fraction of sp³-hybridized carbons (Fsp3) is 0.154. The van der Waals surface area contributed by atoms with Gasteiger partial charge < -0.3 is 14.9 Å². The van der Waals surface area contributed by atoms with Crippen LogP contribution in [0.3, 0.4) is 0 Å². The normalized spacial score (nSPS) is 13.0. The molecule has 2 N–H and O–H groups in total. The van der Waals surface area contributed by atoms with Gasteiger partial charge in [0, 0.05) is 22.7 Å². The molecule has 0 amide bonds. The van der Waals surface area contributed by atoms with E-state index in [1.165, 1.54) is 6.07 Å². The number of methoxy groups -OCH3 is 1. The number of hydrogen-bond acceptors (Lipinski definition) is 4. The van der Waals surface area contributed by atoms with Gasteiger partial charge in [-0.1, -0.05) is 12.2 Å². The number of fused-ring (bicyclic) bond motifs is 2. The van der Waals surface area contributed by atoms with E-state index in [9.17, 15) is 4.79 Å². The number of nitrogens with two attached hydrogens (primary N) is 1. The fourth-order valence-electron chi connectivity index (χ4n) is 2.23. The summed E-state index contributed by atoms with van der Waals surface area (Å²) < 4.78 is 10.6. The Morgan fingerprint density at radius 3 is 3.00 bits per heavy atom. The van der Waals surface area contributed by atoms with Crippen LogP contribution < -0.4 is 16.1 Å². The second-order valence-electron chi connectivity index (χ2n) is 3.98. The van der Waals surface area contributed by atoms with E-state index in [0.717, 1.165) is 17.5 Å². The van der Waals surface area contributed by atoms with Gasteiger partial charge in [-0.15, -0.1) is 0 Å². The van der Waals surface area contributed by atoms with Gasteiger partial charge in [0.2, 0.25) is 0 Å². The van der Waals surface area contributed by atoms with Crippen LogP contribution in [0.2, 0.25) is 0 Å². The molecular formula is C13H11NO3. The molecule has 1 aliphatic rings. The van der Waals surface area contributed by atoms with Crippen LogP contribution >= 0.6 is 0 Å². The molecule has 1 aromatic carbocycles. The number of hydrogen-bond donors (Lipinski definition) is 1. The van der Waals surface area contributed by atoms with Crippen LogP contribution in [0.5, 0.6) is 5.75 Å². The quantitative estimate of drug-likeness (QED) is 0.759. The largest absolute Gasteiger partial charge is 0.492 e. The number of ether oxygens (including phenoxy) is 1. The Morgan fingerprint density at radius 2 is 2.24 bits per heavy atom. The van der Waals surface area contributed by atoms with Crippen molar-refractivity contribution in [3.05, 3.63) is 39.8 Å². The van der Waals surface area contributed by atoms with Gasteiger partial charge in [0.15, 0.2) is 11.3 Å². The summed E-state index contributed by atoms with van der Waals surface area (Å²) in [5, 5.41) is 0.715. The van der Waals surface area contributed by atoms with Crippen molar-refractivity contribution in [2.75, 3.05) is 12.8 Å². The summed E-state index contributed by atoms with van der Waals surface area (Å²) in [5.74, 6) is 0.604. The van der Waals surface area contributed by atoms with Crippen molar-refractivity contribution >= 4 is 22.7 Å². The number of benzene rings is 1. The summed E-state index contributed by atoms with van der Waals surface area (Å²) in [6.45, 7) is 0. The number of anilines is 1. The van der Waals surface area contributed by atoms with Gasteiger partial charge >= 0.3 is 5.63 Å². The van der Waals surface area contributed by atoms with E-state index in [2.05, 4.69) is 0 Å². The number of rotatable bonds is 1. The van der Waals surface area contributed by atoms with Crippen molar-refractivity contribution in [3.63, 3.8) is 0 Å². The molecular weight excluding hydrogens is 218 g/mol. The lowest BCUT2D eigenvalue weighted by Gasteiger charge is -2.11. The average Bonchev–Trinajstić information content (AvgIpc) is 2.74. The van der Waals surface area contributed by atoms with E-state index < -0.39 is 5.63 Å². The van der Waals surface area contributed by atoms with Crippen molar-refractivity contribution in [2.24, 2.45) is 0 Å². The summed E-state index contributed by atoms with van der Waals surface area (Å²) in [6, 6.07) is 3.21. The molecule has 0 saturated carbocycles. The van der Waals surface area contributed by atoms with Gasteiger partial charge in [0.1, 0.15) is 0 Å². The maximum atomic E-state index is 11.4. The van der Waals surface area contributed by atoms with Gasteiger partial charge in [-0.05, 0) is 18.1 Å². The molecule has 0 radical (unpaired) electrons. The van der Waals surface area contributed by atoms with Gasteiger partial charge in [-0.3, -0.25) is 0 Å². The van der Waals surface area contributed by atoms with Crippen molar-refractivity contribution in [1.82, 2.24) is 0 Å². The van der Waals surface area contributed by atoms with Crippen LogP contribution in [-0.2, 0) is 6.42 Å². The van der Waals surface area contributed by atoms with Crippen LogP contribution in [-0.4, -0.2) is 7.11 Å². The Bertz CT molecular complexity index is 698. The van der Waals surface area contributed by atoms with Crippen LogP contribution in [0.4, 0.5) is 5.69 Å². The molecule has 0 saturated heterocycles. The Labute approximate surface area is 97.3 Å². The molecule has 1 heterocycles. The lowest BCUT2D eigenvalue weighted by molar-refractivity contribution is 0.403. The third-order valence-corrected chi connectivity index (χ3v) is 2.98. The summed E-state index contributed by atoms with van der Waals surface area (Å²) in [6.07, 6.45) is 4.84. The second kappa shape index (κ2) is 3.38. The highest BCUT2D eigenvalue weighted by molar-refractivity contribution is 5.96. The molecule has 4 nitrogen and oxygen atoms in total. The third-order valence-electron chi connectivity index (χ3n) is 2.98. The minimum absolute atomic E-state index is 0.414. The predicted molar refractivity (Wildman–Crippen MR) is 66.2 cm³/mol. The van der Waals surface area contributed by atoms with E-state index in [-0.39, 0.29) is 0 Å². The standard InChI is InChI=1S/C13H11NO3/c1-16-12-8-4-2-3-7(8)5-9-10(14)6-11(15)17-13(9)12/h2-3,5-6H,4,14H2,1H3. The molecule has 86 valence electrons. The first kappa shape index (κ1) is 9.96. The number of nitrogen functional groups attached to an aromatic ring is 1. The molecule has 0 unspecified atom stereocenters. The van der Waals surface area contributed by atoms with Gasteiger partial charge in [-0.25, -0.2) is 4.79 Å². The summed E-state index contributed by atoms with van der Waals surface area (Å²) in [7, 11) is 1.57. The minimum Gasteiger partial charge on any atom is -0.492 e. The Balaban J connectivity index is 2.51. The highest BCUT2D eigenvalue weighted by Gasteiger charge is 2.18. The van der Waals surface area contributed by atoms with E-state index in [1.807, 2.05) is 18.2 Å². The fourth-order valence-corrected chi connectivity index (χ4v) is 2.23. The van der Waals surface area contributed by atoms with E-state index in [4.69, 9.17) is 14.9 Å². The van der Waals surface area contributed by atoms with Crippen molar-refractivity contribution in [3.8, 4) is 5.75 Å². The van der Waals surface area contributed by atoms with E-state index in [0.29, 0.717) is 22.4 Å².